The molecule has 1 fully saturated rings. The van der Waals surface area contributed by atoms with Gasteiger partial charge < -0.3 is 20.8 Å². The average molecular weight is 276 g/mol. The number of aliphatic hydroxyl groups excluding tert-OH is 1. The van der Waals surface area contributed by atoms with Gasteiger partial charge in [-0.1, -0.05) is 13.3 Å². The summed E-state index contributed by atoms with van der Waals surface area (Å²) in [5.74, 6) is -0.321. The number of hydrogen-bond donors (Lipinski definition) is 4. The number of carboxylic acid groups (broad SMARTS) is 1. The zero-order valence-corrected chi connectivity index (χ0v) is 11.2. The van der Waals surface area contributed by atoms with Crippen molar-refractivity contribution in [2.75, 3.05) is 12.3 Å². The van der Waals surface area contributed by atoms with E-state index in [1.165, 1.54) is 0 Å². The Labute approximate surface area is 111 Å². The Morgan fingerprint density at radius 2 is 2.17 bits per heavy atom. The molecule has 104 valence electrons. The van der Waals surface area contributed by atoms with Gasteiger partial charge in [0.25, 0.3) is 0 Å². The molecule has 0 aliphatic heterocycles. The molecule has 0 radical (unpaired) electrons. The molecule has 1 saturated carbocycles. The molecule has 3 atom stereocenters. The van der Waals surface area contributed by atoms with Crippen molar-refractivity contribution in [3.8, 4) is 0 Å². The van der Waals surface area contributed by atoms with Gasteiger partial charge in [-0.3, -0.25) is 0 Å². The van der Waals surface area contributed by atoms with Crippen LogP contribution in [0.25, 0.3) is 0 Å². The molecular weight excluding hydrogens is 256 g/mol. The van der Waals surface area contributed by atoms with E-state index in [0.29, 0.717) is 5.25 Å². The highest BCUT2D eigenvalue weighted by molar-refractivity contribution is 7.99. The lowest BCUT2D eigenvalue weighted by atomic mass is 10.2. The summed E-state index contributed by atoms with van der Waals surface area (Å²) in [4.78, 5) is 21.9. The maximum absolute atomic E-state index is 11.5. The molecule has 18 heavy (non-hydrogen) atoms. The van der Waals surface area contributed by atoms with Crippen molar-refractivity contribution in [2.24, 2.45) is 0 Å². The van der Waals surface area contributed by atoms with Crippen molar-refractivity contribution in [2.45, 2.75) is 43.6 Å². The number of aliphatic hydroxyl groups is 1. The summed E-state index contributed by atoms with van der Waals surface area (Å²) in [6.07, 6.45) is 1.59. The molecule has 6 nitrogen and oxygen atoms in total. The molecule has 1 aliphatic rings. The molecule has 2 amide bonds. The minimum absolute atomic E-state index is 0.136. The van der Waals surface area contributed by atoms with Crippen LogP contribution >= 0.6 is 11.8 Å². The number of nitrogens with one attached hydrogen (secondary N) is 2. The van der Waals surface area contributed by atoms with Crippen molar-refractivity contribution in [3.05, 3.63) is 0 Å². The SMILES string of the molecule is CCSC1CCCC1NC(=O)NC[C@H](O)C(=O)O. The van der Waals surface area contributed by atoms with Crippen molar-refractivity contribution in [3.63, 3.8) is 0 Å². The summed E-state index contributed by atoms with van der Waals surface area (Å²) < 4.78 is 0. The maximum atomic E-state index is 11.5. The first-order valence-electron chi connectivity index (χ1n) is 6.11. The van der Waals surface area contributed by atoms with Gasteiger partial charge in [0.15, 0.2) is 6.10 Å². The normalized spacial score (nSPS) is 24.6. The molecule has 0 heterocycles. The van der Waals surface area contributed by atoms with Gasteiger partial charge in [0.1, 0.15) is 0 Å². The van der Waals surface area contributed by atoms with E-state index in [4.69, 9.17) is 10.2 Å². The molecule has 1 rings (SSSR count). The van der Waals surface area contributed by atoms with E-state index in [9.17, 15) is 9.59 Å². The summed E-state index contributed by atoms with van der Waals surface area (Å²) in [6.45, 7) is 1.81. The first-order chi connectivity index (χ1) is 8.54. The minimum atomic E-state index is -1.56. The summed E-state index contributed by atoms with van der Waals surface area (Å²) in [7, 11) is 0. The number of hydrogen-bond acceptors (Lipinski definition) is 4. The molecule has 0 aromatic heterocycles. The zero-order valence-electron chi connectivity index (χ0n) is 10.4. The number of urea groups is 1. The number of aliphatic carboxylic acids is 1. The lowest BCUT2D eigenvalue weighted by Crippen LogP contribution is -2.47. The third kappa shape index (κ3) is 4.73. The molecular formula is C11H20N2O4S. The molecule has 0 saturated heterocycles. The van der Waals surface area contributed by atoms with Crippen LogP contribution in [0.4, 0.5) is 4.79 Å². The van der Waals surface area contributed by atoms with E-state index in [0.717, 1.165) is 25.0 Å². The Morgan fingerprint density at radius 1 is 1.44 bits per heavy atom. The fourth-order valence-electron chi connectivity index (χ4n) is 2.00. The number of amides is 2. The van der Waals surface area contributed by atoms with Crippen LogP contribution in [0, 0.1) is 0 Å². The van der Waals surface area contributed by atoms with E-state index in [2.05, 4.69) is 17.6 Å². The van der Waals surface area contributed by atoms with E-state index >= 15 is 0 Å². The lowest BCUT2D eigenvalue weighted by Gasteiger charge is -2.20. The highest BCUT2D eigenvalue weighted by atomic mass is 32.2. The van der Waals surface area contributed by atoms with Gasteiger partial charge in [-0.25, -0.2) is 9.59 Å². The number of rotatable bonds is 6. The van der Waals surface area contributed by atoms with Gasteiger partial charge in [0.05, 0.1) is 6.54 Å². The van der Waals surface area contributed by atoms with Crippen molar-refractivity contribution in [1.82, 2.24) is 10.6 Å². The third-order valence-electron chi connectivity index (χ3n) is 2.89. The predicted molar refractivity (Wildman–Crippen MR) is 69.7 cm³/mol. The number of carbonyl (C=O) groups is 2. The molecule has 0 aromatic rings. The van der Waals surface area contributed by atoms with Crippen molar-refractivity contribution >= 4 is 23.8 Å². The van der Waals surface area contributed by atoms with Crippen LogP contribution in [0.15, 0.2) is 0 Å². The third-order valence-corrected chi connectivity index (χ3v) is 4.22. The van der Waals surface area contributed by atoms with E-state index in [-0.39, 0.29) is 12.6 Å². The van der Waals surface area contributed by atoms with Crippen LogP contribution in [-0.2, 0) is 4.79 Å². The second-order valence-electron chi connectivity index (χ2n) is 4.24. The van der Waals surface area contributed by atoms with Gasteiger partial charge in [-0.05, 0) is 18.6 Å². The molecule has 2 unspecified atom stereocenters. The number of thioether (sulfide) groups is 1. The highest BCUT2D eigenvalue weighted by Crippen LogP contribution is 2.29. The first-order valence-corrected chi connectivity index (χ1v) is 7.16. The Balaban J connectivity index is 2.29. The van der Waals surface area contributed by atoms with E-state index in [1.54, 1.807) is 0 Å². The van der Waals surface area contributed by atoms with Crippen LogP contribution in [-0.4, -0.2) is 51.9 Å². The summed E-state index contributed by atoms with van der Waals surface area (Å²) in [5, 5.41) is 23.1. The number of carbonyl (C=O) groups excluding carboxylic acids is 1. The fraction of sp³-hybridized carbons (Fsp3) is 0.818. The molecule has 0 aromatic carbocycles. The minimum Gasteiger partial charge on any atom is -0.479 e. The monoisotopic (exact) mass is 276 g/mol. The van der Waals surface area contributed by atoms with Crippen LogP contribution in [0.1, 0.15) is 26.2 Å². The smallest absolute Gasteiger partial charge is 0.334 e. The van der Waals surface area contributed by atoms with Crippen LogP contribution < -0.4 is 10.6 Å². The Kier molecular flexibility index (Phi) is 6.28. The second kappa shape index (κ2) is 7.48. The standard InChI is InChI=1S/C11H20N2O4S/c1-2-18-9-5-3-4-7(9)13-11(17)12-6-8(14)10(15)16/h7-9,14H,2-6H2,1H3,(H,15,16)(H2,12,13,17)/t7?,8-,9?/m0/s1. The van der Waals surface area contributed by atoms with Crippen LogP contribution in [0.2, 0.25) is 0 Å². The van der Waals surface area contributed by atoms with Crippen molar-refractivity contribution in [1.29, 1.82) is 0 Å². The average Bonchev–Trinajstić information content (AvgIpc) is 2.74. The molecule has 0 spiro atoms. The van der Waals surface area contributed by atoms with Gasteiger partial charge >= 0.3 is 12.0 Å². The quantitative estimate of drug-likeness (QED) is 0.563. The van der Waals surface area contributed by atoms with Gasteiger partial charge in [0, 0.05) is 11.3 Å². The number of carboxylic acids is 1. The van der Waals surface area contributed by atoms with Crippen molar-refractivity contribution < 1.29 is 19.8 Å². The summed E-state index contributed by atoms with van der Waals surface area (Å²) in [5.41, 5.74) is 0. The fourth-order valence-corrected chi connectivity index (χ4v) is 3.20. The molecule has 4 N–H and O–H groups in total. The van der Waals surface area contributed by atoms with Crippen LogP contribution in [0.3, 0.4) is 0 Å². The summed E-state index contributed by atoms with van der Waals surface area (Å²) >= 11 is 1.83. The maximum Gasteiger partial charge on any atom is 0.334 e. The Bertz CT molecular complexity index is 301. The second-order valence-corrected chi connectivity index (χ2v) is 5.76. The highest BCUT2D eigenvalue weighted by Gasteiger charge is 2.28. The van der Waals surface area contributed by atoms with Crippen LogP contribution in [0.5, 0.6) is 0 Å². The Morgan fingerprint density at radius 3 is 2.78 bits per heavy atom. The first kappa shape index (κ1) is 15.1. The predicted octanol–water partition coefficient (Wildman–Crippen LogP) is 0.405. The lowest BCUT2D eigenvalue weighted by molar-refractivity contribution is -0.146. The van der Waals surface area contributed by atoms with Gasteiger partial charge in [-0.2, -0.15) is 11.8 Å². The molecule has 1 aliphatic carbocycles. The Hall–Kier alpha value is -0.950. The topological polar surface area (TPSA) is 98.7 Å². The zero-order chi connectivity index (χ0) is 13.5. The molecule has 7 heteroatoms. The molecule has 0 bridgehead atoms. The summed E-state index contributed by atoms with van der Waals surface area (Å²) in [6, 6.07) is -0.277. The van der Waals surface area contributed by atoms with E-state index < -0.39 is 18.1 Å². The largest absolute Gasteiger partial charge is 0.479 e. The van der Waals surface area contributed by atoms with E-state index in [1.807, 2.05) is 11.8 Å². The van der Waals surface area contributed by atoms with Gasteiger partial charge in [-0.15, -0.1) is 0 Å². The van der Waals surface area contributed by atoms with Gasteiger partial charge in [0.2, 0.25) is 0 Å².